The lowest BCUT2D eigenvalue weighted by molar-refractivity contribution is 0.728. The number of fused-ring (bicyclic) bond motifs is 1. The van der Waals surface area contributed by atoms with Crippen LogP contribution in [0.25, 0.3) is 16.6 Å². The van der Waals surface area contributed by atoms with Gasteiger partial charge in [0.15, 0.2) is 5.16 Å². The van der Waals surface area contributed by atoms with Gasteiger partial charge in [-0.15, -0.1) is 0 Å². The number of benzene rings is 2. The fourth-order valence-electron chi connectivity index (χ4n) is 2.88. The second kappa shape index (κ2) is 7.00. The molecule has 0 N–H and O–H groups in total. The lowest BCUT2D eigenvalue weighted by Crippen LogP contribution is -2.22. The molecule has 0 atom stereocenters. The summed E-state index contributed by atoms with van der Waals surface area (Å²) in [6.45, 7) is 4.11. The first kappa shape index (κ1) is 17.5. The van der Waals surface area contributed by atoms with Crippen molar-refractivity contribution in [3.05, 3.63) is 76.1 Å². The van der Waals surface area contributed by atoms with Crippen LogP contribution in [0.3, 0.4) is 0 Å². The van der Waals surface area contributed by atoms with E-state index < -0.39 is 0 Å². The molecule has 2 aromatic heterocycles. The lowest BCUT2D eigenvalue weighted by atomic mass is 10.1. The predicted molar refractivity (Wildman–Crippen MR) is 107 cm³/mol. The molecule has 7 heteroatoms. The third kappa shape index (κ3) is 3.26. The molecule has 136 valence electrons. The monoisotopic (exact) mass is 377 g/mol. The zero-order valence-electron chi connectivity index (χ0n) is 15.4. The minimum absolute atomic E-state index is 0.0654. The van der Waals surface area contributed by atoms with Gasteiger partial charge in [0.05, 0.1) is 22.3 Å². The Labute approximate surface area is 160 Å². The summed E-state index contributed by atoms with van der Waals surface area (Å²) in [7, 11) is 1.85. The van der Waals surface area contributed by atoms with Gasteiger partial charge in [-0.2, -0.15) is 5.10 Å². The molecular formula is C20H19N5OS. The van der Waals surface area contributed by atoms with Gasteiger partial charge in [0, 0.05) is 7.05 Å². The maximum Gasteiger partial charge on any atom is 0.266 e. The quantitative estimate of drug-likeness (QED) is 0.403. The Morgan fingerprint density at radius 1 is 1.07 bits per heavy atom. The van der Waals surface area contributed by atoms with Crippen molar-refractivity contribution < 1.29 is 0 Å². The number of para-hydroxylation sites is 1. The maximum atomic E-state index is 13.3. The van der Waals surface area contributed by atoms with Gasteiger partial charge in [-0.1, -0.05) is 30.0 Å². The SMILES string of the molecule is Cc1ccc(-n2c(SCc3ncnn3C)nc3ccccc3c2=O)cc1C. The van der Waals surface area contributed by atoms with E-state index in [4.69, 9.17) is 4.98 Å². The van der Waals surface area contributed by atoms with Crippen molar-refractivity contribution in [2.45, 2.75) is 24.8 Å². The van der Waals surface area contributed by atoms with E-state index >= 15 is 0 Å². The van der Waals surface area contributed by atoms with Crippen molar-refractivity contribution in [3.63, 3.8) is 0 Å². The van der Waals surface area contributed by atoms with E-state index in [0.29, 0.717) is 21.8 Å². The van der Waals surface area contributed by atoms with Crippen molar-refractivity contribution in [1.29, 1.82) is 0 Å². The van der Waals surface area contributed by atoms with E-state index in [2.05, 4.69) is 17.0 Å². The summed E-state index contributed by atoms with van der Waals surface area (Å²) >= 11 is 1.48. The molecule has 0 spiro atoms. The maximum absolute atomic E-state index is 13.3. The fraction of sp³-hybridized carbons (Fsp3) is 0.200. The van der Waals surface area contributed by atoms with Gasteiger partial charge >= 0.3 is 0 Å². The summed E-state index contributed by atoms with van der Waals surface area (Å²) in [4.78, 5) is 22.3. The van der Waals surface area contributed by atoms with Crippen LogP contribution in [0.2, 0.25) is 0 Å². The molecule has 0 fully saturated rings. The summed E-state index contributed by atoms with van der Waals surface area (Å²) in [5.74, 6) is 1.40. The molecule has 0 aliphatic carbocycles. The van der Waals surface area contributed by atoms with Gasteiger partial charge in [-0.3, -0.25) is 14.0 Å². The normalized spacial score (nSPS) is 11.2. The Kier molecular flexibility index (Phi) is 4.53. The Morgan fingerprint density at radius 2 is 1.89 bits per heavy atom. The number of aryl methyl sites for hydroxylation is 3. The molecule has 0 bridgehead atoms. The molecule has 0 radical (unpaired) electrons. The van der Waals surface area contributed by atoms with E-state index in [1.54, 1.807) is 9.25 Å². The van der Waals surface area contributed by atoms with Crippen molar-refractivity contribution in [1.82, 2.24) is 24.3 Å². The molecule has 2 heterocycles. The number of aromatic nitrogens is 5. The molecule has 6 nitrogen and oxygen atoms in total. The zero-order chi connectivity index (χ0) is 19.0. The minimum Gasteiger partial charge on any atom is -0.268 e. The molecular weight excluding hydrogens is 358 g/mol. The van der Waals surface area contributed by atoms with E-state index in [-0.39, 0.29) is 5.56 Å². The third-order valence-electron chi connectivity index (χ3n) is 4.63. The van der Waals surface area contributed by atoms with Crippen molar-refractivity contribution in [2.24, 2.45) is 7.05 Å². The average molecular weight is 377 g/mol. The molecule has 0 aliphatic heterocycles. The summed E-state index contributed by atoms with van der Waals surface area (Å²) in [5.41, 5.74) is 3.78. The molecule has 0 saturated heterocycles. The second-order valence-electron chi connectivity index (χ2n) is 6.41. The summed E-state index contributed by atoms with van der Waals surface area (Å²) < 4.78 is 3.42. The van der Waals surface area contributed by atoms with Gasteiger partial charge < -0.3 is 0 Å². The minimum atomic E-state index is -0.0654. The molecule has 27 heavy (non-hydrogen) atoms. The van der Waals surface area contributed by atoms with Crippen LogP contribution in [0, 0.1) is 13.8 Å². The number of thioether (sulfide) groups is 1. The predicted octanol–water partition coefficient (Wildman–Crippen LogP) is 3.42. The first-order valence-corrected chi connectivity index (χ1v) is 9.58. The highest BCUT2D eigenvalue weighted by atomic mass is 32.2. The van der Waals surface area contributed by atoms with Crippen LogP contribution in [-0.2, 0) is 12.8 Å². The molecule has 0 aliphatic rings. The van der Waals surface area contributed by atoms with Gasteiger partial charge in [-0.25, -0.2) is 9.97 Å². The highest BCUT2D eigenvalue weighted by molar-refractivity contribution is 7.98. The van der Waals surface area contributed by atoms with Gasteiger partial charge in [0.25, 0.3) is 5.56 Å². The van der Waals surface area contributed by atoms with Gasteiger partial charge in [0.2, 0.25) is 0 Å². The van der Waals surface area contributed by atoms with Crippen LogP contribution < -0.4 is 5.56 Å². The molecule has 4 aromatic rings. The van der Waals surface area contributed by atoms with E-state index in [0.717, 1.165) is 17.1 Å². The van der Waals surface area contributed by atoms with Gasteiger partial charge in [0.1, 0.15) is 12.2 Å². The molecule has 4 rings (SSSR count). The van der Waals surface area contributed by atoms with E-state index in [1.165, 1.54) is 23.7 Å². The number of rotatable bonds is 4. The van der Waals surface area contributed by atoms with Crippen LogP contribution in [0.4, 0.5) is 0 Å². The zero-order valence-corrected chi connectivity index (χ0v) is 16.2. The van der Waals surface area contributed by atoms with Crippen LogP contribution in [0.5, 0.6) is 0 Å². The number of hydrogen-bond donors (Lipinski definition) is 0. The van der Waals surface area contributed by atoms with Crippen LogP contribution in [0.1, 0.15) is 17.0 Å². The summed E-state index contributed by atoms with van der Waals surface area (Å²) in [5, 5.41) is 5.35. The first-order valence-electron chi connectivity index (χ1n) is 8.59. The largest absolute Gasteiger partial charge is 0.268 e. The first-order chi connectivity index (χ1) is 13.0. The Balaban J connectivity index is 1.88. The van der Waals surface area contributed by atoms with Crippen molar-refractivity contribution >= 4 is 22.7 Å². The number of nitrogens with zero attached hydrogens (tertiary/aromatic N) is 5. The lowest BCUT2D eigenvalue weighted by Gasteiger charge is -2.14. The summed E-state index contributed by atoms with van der Waals surface area (Å²) in [6, 6.07) is 13.5. The molecule has 0 amide bonds. The third-order valence-corrected chi connectivity index (χ3v) is 5.56. The van der Waals surface area contributed by atoms with Crippen LogP contribution >= 0.6 is 11.8 Å². The van der Waals surface area contributed by atoms with E-state index in [1.807, 2.05) is 56.4 Å². The standard InChI is InChI=1S/C20H19N5OS/c1-13-8-9-15(10-14(13)2)25-19(26)16-6-4-5-7-17(16)23-20(25)27-11-18-21-12-22-24(18)3/h4-10,12H,11H2,1-3H3. The Bertz CT molecular complexity index is 1190. The van der Waals surface area contributed by atoms with Crippen molar-refractivity contribution in [3.8, 4) is 5.69 Å². The van der Waals surface area contributed by atoms with Gasteiger partial charge in [-0.05, 0) is 49.2 Å². The van der Waals surface area contributed by atoms with Crippen LogP contribution in [0.15, 0.2) is 58.7 Å². The Morgan fingerprint density at radius 3 is 2.63 bits per heavy atom. The smallest absolute Gasteiger partial charge is 0.266 e. The topological polar surface area (TPSA) is 65.6 Å². The number of hydrogen-bond acceptors (Lipinski definition) is 5. The van der Waals surface area contributed by atoms with Crippen LogP contribution in [-0.4, -0.2) is 24.3 Å². The highest BCUT2D eigenvalue weighted by Gasteiger charge is 2.15. The van der Waals surface area contributed by atoms with E-state index in [9.17, 15) is 4.79 Å². The summed E-state index contributed by atoms with van der Waals surface area (Å²) in [6.07, 6.45) is 1.53. The van der Waals surface area contributed by atoms with Crippen molar-refractivity contribution in [2.75, 3.05) is 0 Å². The molecule has 0 saturated carbocycles. The molecule has 0 unspecified atom stereocenters. The fourth-order valence-corrected chi connectivity index (χ4v) is 3.88. The average Bonchev–Trinajstić information content (AvgIpc) is 3.07. The highest BCUT2D eigenvalue weighted by Crippen LogP contribution is 2.24. The molecule has 2 aromatic carbocycles. The second-order valence-corrected chi connectivity index (χ2v) is 7.35. The Hall–Kier alpha value is -2.93.